The van der Waals surface area contributed by atoms with Crippen molar-refractivity contribution in [3.8, 4) is 22.6 Å². The van der Waals surface area contributed by atoms with Gasteiger partial charge in [-0.25, -0.2) is 4.39 Å². The highest BCUT2D eigenvalue weighted by atomic mass is 19.1. The van der Waals surface area contributed by atoms with Crippen LogP contribution in [-0.2, 0) is 9.53 Å². The monoisotopic (exact) mass is 434 g/mol. The topological polar surface area (TPSA) is 72.8 Å². The molecule has 0 saturated heterocycles. The van der Waals surface area contributed by atoms with Crippen molar-refractivity contribution in [1.29, 1.82) is 0 Å². The number of benzene rings is 3. The second-order valence-corrected chi connectivity index (χ2v) is 7.16. The van der Waals surface area contributed by atoms with Crippen molar-refractivity contribution >= 4 is 17.8 Å². The molecule has 0 aliphatic carbocycles. The highest BCUT2D eigenvalue weighted by molar-refractivity contribution is 6.09. The van der Waals surface area contributed by atoms with E-state index < -0.39 is 23.5 Å². The summed E-state index contributed by atoms with van der Waals surface area (Å²) in [5.41, 5.74) is 1.90. The number of halogens is 1. The third kappa shape index (κ3) is 4.86. The van der Waals surface area contributed by atoms with Gasteiger partial charge in [-0.2, -0.15) is 0 Å². The predicted molar refractivity (Wildman–Crippen MR) is 120 cm³/mol. The van der Waals surface area contributed by atoms with E-state index in [0.29, 0.717) is 22.4 Å². The number of para-hydroxylation sites is 1. The van der Waals surface area contributed by atoms with Gasteiger partial charge in [0, 0.05) is 11.1 Å². The molecule has 0 saturated carbocycles. The van der Waals surface area contributed by atoms with Crippen LogP contribution in [0.15, 0.2) is 66.7 Å². The summed E-state index contributed by atoms with van der Waals surface area (Å²) in [4.78, 5) is 24.4. The van der Waals surface area contributed by atoms with Crippen LogP contribution in [0.25, 0.3) is 17.2 Å². The molecule has 0 aromatic heterocycles. The van der Waals surface area contributed by atoms with Crippen LogP contribution >= 0.6 is 0 Å². The third-order valence-corrected chi connectivity index (χ3v) is 5.17. The lowest BCUT2D eigenvalue weighted by molar-refractivity contribution is -0.142. The number of phenolic OH excluding ortho intramolecular Hbond substituents is 1. The quantitative estimate of drug-likeness (QED) is 0.307. The van der Waals surface area contributed by atoms with Crippen molar-refractivity contribution in [2.75, 3.05) is 14.2 Å². The Balaban J connectivity index is 1.91. The van der Waals surface area contributed by atoms with Gasteiger partial charge in [0.05, 0.1) is 25.7 Å². The lowest BCUT2D eigenvalue weighted by Gasteiger charge is -2.12. The Morgan fingerprint density at radius 3 is 2.47 bits per heavy atom. The first-order valence-corrected chi connectivity index (χ1v) is 9.91. The number of hydrogen-bond donors (Lipinski definition) is 1. The fourth-order valence-electron chi connectivity index (χ4n) is 3.31. The van der Waals surface area contributed by atoms with Crippen molar-refractivity contribution in [3.63, 3.8) is 0 Å². The average molecular weight is 434 g/mol. The van der Waals surface area contributed by atoms with Gasteiger partial charge in [0.25, 0.3) is 0 Å². The van der Waals surface area contributed by atoms with Gasteiger partial charge in [-0.3, -0.25) is 9.59 Å². The number of ketones is 1. The van der Waals surface area contributed by atoms with Gasteiger partial charge in [-0.1, -0.05) is 36.4 Å². The van der Waals surface area contributed by atoms with Crippen LogP contribution in [0.3, 0.4) is 0 Å². The Labute approximate surface area is 185 Å². The van der Waals surface area contributed by atoms with Gasteiger partial charge < -0.3 is 14.6 Å². The van der Waals surface area contributed by atoms with Crippen molar-refractivity contribution in [2.45, 2.75) is 12.8 Å². The molecule has 0 aliphatic rings. The van der Waals surface area contributed by atoms with Crippen LogP contribution in [0, 0.1) is 5.82 Å². The van der Waals surface area contributed by atoms with E-state index in [1.807, 2.05) is 12.1 Å². The number of phenols is 1. The van der Waals surface area contributed by atoms with Crippen LogP contribution in [0.5, 0.6) is 11.5 Å². The Hall–Kier alpha value is -3.93. The van der Waals surface area contributed by atoms with Crippen LogP contribution < -0.4 is 4.74 Å². The summed E-state index contributed by atoms with van der Waals surface area (Å²) in [6.45, 7) is 1.63. The van der Waals surface area contributed by atoms with Gasteiger partial charge >= 0.3 is 5.97 Å². The van der Waals surface area contributed by atoms with E-state index in [0.717, 1.165) is 0 Å². The molecular weight excluding hydrogens is 411 g/mol. The molecule has 0 fully saturated rings. The van der Waals surface area contributed by atoms with E-state index in [-0.39, 0.29) is 16.9 Å². The number of hydrogen-bond acceptors (Lipinski definition) is 5. The summed E-state index contributed by atoms with van der Waals surface area (Å²) >= 11 is 0. The Morgan fingerprint density at radius 1 is 1.03 bits per heavy atom. The molecule has 32 heavy (non-hydrogen) atoms. The van der Waals surface area contributed by atoms with E-state index >= 15 is 0 Å². The van der Waals surface area contributed by atoms with E-state index in [1.54, 1.807) is 31.2 Å². The number of methoxy groups -OCH3 is 2. The van der Waals surface area contributed by atoms with Gasteiger partial charge in [-0.15, -0.1) is 0 Å². The number of aromatic hydroxyl groups is 1. The molecule has 0 aliphatic heterocycles. The highest BCUT2D eigenvalue weighted by Gasteiger charge is 2.18. The zero-order chi connectivity index (χ0) is 23.3. The highest BCUT2D eigenvalue weighted by Crippen LogP contribution is 2.31. The Kier molecular flexibility index (Phi) is 7.05. The molecule has 3 aromatic rings. The predicted octanol–water partition coefficient (Wildman–Crippen LogP) is 5.38. The molecule has 1 unspecified atom stereocenters. The molecule has 6 heteroatoms. The standard InChI is InChI=1S/C26H23FO5/c1-16(26(30)32-3)18-8-11-20(22(27)15-18)19-10-13-24(29)21(14-19)23(28)12-9-17-6-4-5-7-25(17)31-2/h4-16,29H,1-3H3/b12-9+. The van der Waals surface area contributed by atoms with Crippen molar-refractivity contribution in [1.82, 2.24) is 0 Å². The first-order valence-electron chi connectivity index (χ1n) is 9.91. The van der Waals surface area contributed by atoms with Crippen molar-refractivity contribution < 1.29 is 28.6 Å². The lowest BCUT2D eigenvalue weighted by atomic mass is 9.95. The lowest BCUT2D eigenvalue weighted by Crippen LogP contribution is -2.11. The van der Waals surface area contributed by atoms with Crippen molar-refractivity contribution in [2.24, 2.45) is 0 Å². The molecule has 0 heterocycles. The average Bonchev–Trinajstić information content (AvgIpc) is 2.82. The minimum absolute atomic E-state index is 0.0417. The van der Waals surface area contributed by atoms with Gasteiger partial charge in [-0.05, 0) is 54.5 Å². The van der Waals surface area contributed by atoms with Crippen molar-refractivity contribution in [3.05, 3.63) is 89.2 Å². The second-order valence-electron chi connectivity index (χ2n) is 7.16. The minimum Gasteiger partial charge on any atom is -0.507 e. The normalized spacial score (nSPS) is 11.9. The van der Waals surface area contributed by atoms with Crippen LogP contribution in [0.1, 0.15) is 34.3 Å². The zero-order valence-electron chi connectivity index (χ0n) is 18.0. The fraction of sp³-hybridized carbons (Fsp3) is 0.154. The number of carbonyl (C=O) groups excluding carboxylic acids is 2. The summed E-state index contributed by atoms with van der Waals surface area (Å²) in [7, 11) is 2.82. The summed E-state index contributed by atoms with van der Waals surface area (Å²) < 4.78 is 24.8. The van der Waals surface area contributed by atoms with E-state index in [9.17, 15) is 19.1 Å². The maximum absolute atomic E-state index is 14.8. The summed E-state index contributed by atoms with van der Waals surface area (Å²) in [6, 6.07) is 16.0. The maximum Gasteiger partial charge on any atom is 0.312 e. The molecule has 1 N–H and O–H groups in total. The first kappa shape index (κ1) is 22.7. The molecule has 0 radical (unpaired) electrons. The zero-order valence-corrected chi connectivity index (χ0v) is 18.0. The van der Waals surface area contributed by atoms with Crippen LogP contribution in [-0.4, -0.2) is 31.1 Å². The smallest absolute Gasteiger partial charge is 0.312 e. The first-order chi connectivity index (χ1) is 15.3. The van der Waals surface area contributed by atoms with Gasteiger partial charge in [0.15, 0.2) is 5.78 Å². The minimum atomic E-state index is -0.611. The van der Waals surface area contributed by atoms with E-state index in [2.05, 4.69) is 0 Å². The molecule has 164 valence electrons. The number of allylic oxidation sites excluding steroid dienone is 1. The summed E-state index contributed by atoms with van der Waals surface area (Å²) in [6.07, 6.45) is 2.92. The molecule has 0 spiro atoms. The van der Waals surface area contributed by atoms with Crippen LogP contribution in [0.2, 0.25) is 0 Å². The fourth-order valence-corrected chi connectivity index (χ4v) is 3.31. The largest absolute Gasteiger partial charge is 0.507 e. The molecule has 3 aromatic carbocycles. The molecule has 1 atom stereocenters. The van der Waals surface area contributed by atoms with E-state index in [1.165, 1.54) is 50.6 Å². The SMILES string of the molecule is COC(=O)C(C)c1ccc(-c2ccc(O)c(C(=O)/C=C/c3ccccc3OC)c2)c(F)c1. The van der Waals surface area contributed by atoms with E-state index in [4.69, 9.17) is 9.47 Å². The summed E-state index contributed by atoms with van der Waals surface area (Å²) in [5.74, 6) is -1.66. The number of carbonyl (C=O) groups is 2. The molecular formula is C26H23FO5. The number of esters is 1. The number of ether oxygens (including phenoxy) is 2. The number of rotatable bonds is 7. The molecule has 3 rings (SSSR count). The van der Waals surface area contributed by atoms with Gasteiger partial charge in [0.2, 0.25) is 0 Å². The molecule has 0 bridgehead atoms. The Morgan fingerprint density at radius 2 is 1.78 bits per heavy atom. The molecule has 5 nitrogen and oxygen atoms in total. The Bertz CT molecular complexity index is 1180. The third-order valence-electron chi connectivity index (χ3n) is 5.17. The summed E-state index contributed by atoms with van der Waals surface area (Å²) in [5, 5.41) is 10.2. The maximum atomic E-state index is 14.8. The second kappa shape index (κ2) is 9.92. The van der Waals surface area contributed by atoms with Crippen LogP contribution in [0.4, 0.5) is 4.39 Å². The van der Waals surface area contributed by atoms with Gasteiger partial charge in [0.1, 0.15) is 17.3 Å². The molecule has 0 amide bonds.